The molecule has 1 rings (SSSR count). The molecule has 1 aliphatic carbocycles. The summed E-state index contributed by atoms with van der Waals surface area (Å²) in [4.78, 5) is 11.8. The molecule has 0 aromatic carbocycles. The first kappa shape index (κ1) is 11.0. The highest BCUT2D eigenvalue weighted by Gasteiger charge is 2.53. The molecule has 1 saturated carbocycles. The lowest BCUT2D eigenvalue weighted by molar-refractivity contribution is -0.130. The molecule has 0 aromatic heterocycles. The fraction of sp³-hybridized carbons (Fsp3) is 0.909. The maximum atomic E-state index is 11.8. The fourth-order valence-corrected chi connectivity index (χ4v) is 2.67. The van der Waals surface area contributed by atoms with Gasteiger partial charge in [-0.2, -0.15) is 0 Å². The van der Waals surface area contributed by atoms with Crippen LogP contribution in [-0.2, 0) is 4.79 Å². The highest BCUT2D eigenvalue weighted by Crippen LogP contribution is 2.56. The van der Waals surface area contributed by atoms with Gasteiger partial charge in [-0.3, -0.25) is 4.79 Å². The second-order valence-electron chi connectivity index (χ2n) is 5.05. The monoisotopic (exact) mass is 202 g/mol. The summed E-state index contributed by atoms with van der Waals surface area (Å²) >= 11 is 5.65. The molecular formula is C11H19ClO. The van der Waals surface area contributed by atoms with Gasteiger partial charge in [0, 0.05) is 5.41 Å². The summed E-state index contributed by atoms with van der Waals surface area (Å²) < 4.78 is 0. The topological polar surface area (TPSA) is 17.1 Å². The number of hydrogen-bond donors (Lipinski definition) is 0. The predicted molar refractivity (Wildman–Crippen MR) is 56.0 cm³/mol. The van der Waals surface area contributed by atoms with Crippen LogP contribution in [0, 0.1) is 16.7 Å². The van der Waals surface area contributed by atoms with Gasteiger partial charge < -0.3 is 0 Å². The molecule has 0 unspecified atom stereocenters. The molecule has 0 bridgehead atoms. The number of carbonyl (C=O) groups excluding carboxylic acids is 1. The zero-order valence-corrected chi connectivity index (χ0v) is 9.74. The molecule has 0 amide bonds. The molecule has 0 N–H and O–H groups in total. The molecule has 1 nitrogen and oxygen atoms in total. The summed E-state index contributed by atoms with van der Waals surface area (Å²) in [5, 5.41) is 0. The van der Waals surface area contributed by atoms with Crippen molar-refractivity contribution in [2.24, 2.45) is 16.7 Å². The summed E-state index contributed by atoms with van der Waals surface area (Å²) in [6.45, 7) is 8.68. The molecular weight excluding hydrogens is 184 g/mol. The van der Waals surface area contributed by atoms with Crippen LogP contribution in [0.25, 0.3) is 0 Å². The standard InChI is InChI=1S/C11H19ClO/c1-8-5-6-11(4,9(13)7-12)10(8,2)3/h8H,5-7H2,1-4H3/t8-,11+/m0/s1. The minimum absolute atomic E-state index is 0.0962. The summed E-state index contributed by atoms with van der Waals surface area (Å²) in [6.07, 6.45) is 2.14. The van der Waals surface area contributed by atoms with Crippen LogP contribution in [0.1, 0.15) is 40.5 Å². The van der Waals surface area contributed by atoms with Crippen molar-refractivity contribution < 1.29 is 4.79 Å². The van der Waals surface area contributed by atoms with Gasteiger partial charge in [-0.25, -0.2) is 0 Å². The smallest absolute Gasteiger partial charge is 0.153 e. The van der Waals surface area contributed by atoms with Crippen LogP contribution in [0.2, 0.25) is 0 Å². The van der Waals surface area contributed by atoms with E-state index in [0.717, 1.165) is 12.8 Å². The normalized spacial score (nSPS) is 37.8. The molecule has 76 valence electrons. The van der Waals surface area contributed by atoms with E-state index in [-0.39, 0.29) is 22.5 Å². The molecule has 0 spiro atoms. The molecule has 1 aliphatic rings. The van der Waals surface area contributed by atoms with Gasteiger partial charge in [-0.1, -0.05) is 27.7 Å². The van der Waals surface area contributed by atoms with E-state index in [9.17, 15) is 4.79 Å². The Labute approximate surface area is 85.8 Å². The fourth-order valence-electron chi connectivity index (χ4n) is 2.38. The quantitative estimate of drug-likeness (QED) is 0.629. The van der Waals surface area contributed by atoms with Gasteiger partial charge >= 0.3 is 0 Å². The maximum absolute atomic E-state index is 11.8. The first-order valence-corrected chi connectivity index (χ1v) is 5.49. The van der Waals surface area contributed by atoms with Gasteiger partial charge in [0.2, 0.25) is 0 Å². The van der Waals surface area contributed by atoms with Crippen molar-refractivity contribution in [3.63, 3.8) is 0 Å². The summed E-state index contributed by atoms with van der Waals surface area (Å²) in [5.41, 5.74) is -0.104. The number of Topliss-reactive ketones (excluding diaryl/α,β-unsaturated/α-hetero) is 1. The van der Waals surface area contributed by atoms with Crippen LogP contribution in [0.4, 0.5) is 0 Å². The number of halogens is 1. The zero-order valence-electron chi connectivity index (χ0n) is 8.98. The highest BCUT2D eigenvalue weighted by molar-refractivity contribution is 6.28. The van der Waals surface area contributed by atoms with Crippen LogP contribution in [0.3, 0.4) is 0 Å². The Bertz CT molecular complexity index is 222. The van der Waals surface area contributed by atoms with E-state index in [0.29, 0.717) is 5.92 Å². The Morgan fingerprint density at radius 1 is 1.46 bits per heavy atom. The molecule has 1 fully saturated rings. The molecule has 0 heterocycles. The summed E-state index contributed by atoms with van der Waals surface area (Å²) in [6, 6.07) is 0. The van der Waals surface area contributed by atoms with Gasteiger partial charge in [0.1, 0.15) is 0 Å². The molecule has 13 heavy (non-hydrogen) atoms. The van der Waals surface area contributed by atoms with Crippen molar-refractivity contribution >= 4 is 17.4 Å². The molecule has 0 aliphatic heterocycles. The lowest BCUT2D eigenvalue weighted by Gasteiger charge is -2.39. The second-order valence-corrected chi connectivity index (χ2v) is 5.32. The van der Waals surface area contributed by atoms with Crippen molar-refractivity contribution in [2.45, 2.75) is 40.5 Å². The minimum atomic E-state index is -0.200. The number of ketones is 1. The average Bonchev–Trinajstić information content (AvgIpc) is 2.29. The van der Waals surface area contributed by atoms with E-state index in [1.807, 2.05) is 0 Å². The van der Waals surface area contributed by atoms with Crippen LogP contribution >= 0.6 is 11.6 Å². The lowest BCUT2D eigenvalue weighted by atomic mass is 9.64. The van der Waals surface area contributed by atoms with Crippen molar-refractivity contribution in [2.75, 3.05) is 5.88 Å². The number of hydrogen-bond acceptors (Lipinski definition) is 1. The third-order valence-electron chi connectivity index (χ3n) is 4.47. The van der Waals surface area contributed by atoms with Crippen molar-refractivity contribution in [1.29, 1.82) is 0 Å². The Balaban J connectivity index is 2.98. The predicted octanol–water partition coefficient (Wildman–Crippen LogP) is 3.26. The Morgan fingerprint density at radius 2 is 2.00 bits per heavy atom. The molecule has 2 heteroatoms. The van der Waals surface area contributed by atoms with E-state index in [4.69, 9.17) is 11.6 Å². The van der Waals surface area contributed by atoms with Gasteiger partial charge in [0.25, 0.3) is 0 Å². The van der Waals surface area contributed by atoms with Crippen molar-refractivity contribution in [1.82, 2.24) is 0 Å². The largest absolute Gasteiger partial charge is 0.298 e. The van der Waals surface area contributed by atoms with Crippen LogP contribution in [0.15, 0.2) is 0 Å². The minimum Gasteiger partial charge on any atom is -0.298 e. The average molecular weight is 203 g/mol. The molecule has 2 atom stereocenters. The lowest BCUT2D eigenvalue weighted by Crippen LogP contribution is -2.40. The van der Waals surface area contributed by atoms with Crippen LogP contribution < -0.4 is 0 Å². The van der Waals surface area contributed by atoms with Gasteiger partial charge in [-0.05, 0) is 24.2 Å². The van der Waals surface area contributed by atoms with Gasteiger partial charge in [0.15, 0.2) is 5.78 Å². The highest BCUT2D eigenvalue weighted by atomic mass is 35.5. The number of carbonyl (C=O) groups is 1. The molecule has 0 aromatic rings. The first-order chi connectivity index (χ1) is 5.86. The third-order valence-corrected chi connectivity index (χ3v) is 4.71. The Kier molecular flexibility index (Phi) is 2.78. The maximum Gasteiger partial charge on any atom is 0.153 e. The second kappa shape index (κ2) is 3.27. The first-order valence-electron chi connectivity index (χ1n) is 4.95. The summed E-state index contributed by atoms with van der Waals surface area (Å²) in [5.74, 6) is 0.986. The van der Waals surface area contributed by atoms with Gasteiger partial charge in [-0.15, -0.1) is 11.6 Å². The van der Waals surface area contributed by atoms with Crippen molar-refractivity contribution in [3.05, 3.63) is 0 Å². The van der Waals surface area contributed by atoms with E-state index in [1.165, 1.54) is 0 Å². The van der Waals surface area contributed by atoms with Crippen LogP contribution in [-0.4, -0.2) is 11.7 Å². The van der Waals surface area contributed by atoms with E-state index in [2.05, 4.69) is 27.7 Å². The number of alkyl halides is 1. The number of rotatable bonds is 2. The molecule has 0 radical (unpaired) electrons. The Morgan fingerprint density at radius 3 is 2.31 bits per heavy atom. The van der Waals surface area contributed by atoms with Crippen molar-refractivity contribution in [3.8, 4) is 0 Å². The Hall–Kier alpha value is -0.0400. The molecule has 0 saturated heterocycles. The van der Waals surface area contributed by atoms with E-state index in [1.54, 1.807) is 0 Å². The van der Waals surface area contributed by atoms with Gasteiger partial charge in [0.05, 0.1) is 5.88 Å². The SMILES string of the molecule is C[C@H]1CC[C@](C)(C(=O)CCl)C1(C)C. The zero-order chi connectivity index (χ0) is 10.3. The third kappa shape index (κ3) is 1.41. The van der Waals surface area contributed by atoms with E-state index >= 15 is 0 Å². The van der Waals surface area contributed by atoms with E-state index < -0.39 is 0 Å². The van der Waals surface area contributed by atoms with Crippen LogP contribution in [0.5, 0.6) is 0 Å². The summed E-state index contributed by atoms with van der Waals surface area (Å²) in [7, 11) is 0.